The van der Waals surface area contributed by atoms with Crippen LogP contribution < -0.4 is 10.6 Å². The molecule has 3 aliphatic heterocycles. The molecule has 0 spiro atoms. The van der Waals surface area contributed by atoms with E-state index in [9.17, 15) is 0 Å². The van der Waals surface area contributed by atoms with E-state index in [4.69, 9.17) is 0 Å². The Morgan fingerprint density at radius 1 is 0.533 bits per heavy atom. The maximum Gasteiger partial charge on any atom is -0.00202 e. The molecule has 2 unspecified atom stereocenters. The van der Waals surface area contributed by atoms with Gasteiger partial charge in [0.2, 0.25) is 0 Å². The Balaban J connectivity index is 0.0000000971. The highest BCUT2D eigenvalue weighted by molar-refractivity contribution is 4.87. The van der Waals surface area contributed by atoms with Gasteiger partial charge in [-0.25, -0.2) is 0 Å². The smallest absolute Gasteiger partial charge is 0.00202 e. The maximum atomic E-state index is 3.45. The molecule has 2 N–H and O–H groups in total. The van der Waals surface area contributed by atoms with Crippen molar-refractivity contribution in [1.29, 1.82) is 0 Å². The summed E-state index contributed by atoms with van der Waals surface area (Å²) in [6.07, 6.45) is 7.56. The van der Waals surface area contributed by atoms with Gasteiger partial charge in [-0.2, -0.15) is 0 Å². The van der Waals surface area contributed by atoms with Gasteiger partial charge in [-0.1, -0.05) is 0 Å². The predicted octanol–water partition coefficient (Wildman–Crippen LogP) is 1.62. The minimum atomic E-state index is 1.05. The molecule has 3 saturated heterocycles. The van der Waals surface area contributed by atoms with Crippen LogP contribution in [0.2, 0.25) is 0 Å². The van der Waals surface area contributed by atoms with Crippen molar-refractivity contribution in [3.63, 3.8) is 0 Å². The first kappa shape index (κ1) is 10.1. The first-order valence-electron chi connectivity index (χ1n) is 6.81. The first-order chi connectivity index (χ1) is 7.40. The third-order valence-electron chi connectivity index (χ3n) is 4.72. The van der Waals surface area contributed by atoms with Gasteiger partial charge in [-0.3, -0.25) is 0 Å². The zero-order valence-corrected chi connectivity index (χ0v) is 9.67. The minimum Gasteiger partial charge on any atom is -0.316 e. The van der Waals surface area contributed by atoms with Crippen LogP contribution in [0.3, 0.4) is 0 Å². The topological polar surface area (TPSA) is 24.1 Å². The molecule has 0 aromatic carbocycles. The highest BCUT2D eigenvalue weighted by Gasteiger charge is 2.32. The molecule has 3 heterocycles. The van der Waals surface area contributed by atoms with Gasteiger partial charge in [0.1, 0.15) is 0 Å². The number of hydrogen-bond donors (Lipinski definition) is 2. The second kappa shape index (κ2) is 4.42. The van der Waals surface area contributed by atoms with Crippen LogP contribution in [0.1, 0.15) is 32.1 Å². The van der Waals surface area contributed by atoms with Crippen LogP contribution in [-0.2, 0) is 0 Å². The van der Waals surface area contributed by atoms with Crippen molar-refractivity contribution in [2.75, 3.05) is 26.2 Å². The summed E-state index contributed by atoms with van der Waals surface area (Å²) in [7, 11) is 0. The van der Waals surface area contributed by atoms with Gasteiger partial charge < -0.3 is 10.6 Å². The summed E-state index contributed by atoms with van der Waals surface area (Å²) in [4.78, 5) is 0. The van der Waals surface area contributed by atoms with Crippen LogP contribution in [-0.4, -0.2) is 26.2 Å². The SMILES string of the molecule is C1CC2CNCC1C2.C1NCC2CC1C2. The van der Waals surface area contributed by atoms with Crippen LogP contribution in [0.4, 0.5) is 0 Å². The van der Waals surface area contributed by atoms with Crippen molar-refractivity contribution in [1.82, 2.24) is 10.6 Å². The summed E-state index contributed by atoms with van der Waals surface area (Å²) in [5.74, 6) is 4.24. The van der Waals surface area contributed by atoms with Crippen molar-refractivity contribution in [2.24, 2.45) is 23.7 Å². The zero-order chi connectivity index (χ0) is 10.1. The molecule has 5 fully saturated rings. The molecule has 2 atom stereocenters. The highest BCUT2D eigenvalue weighted by Crippen LogP contribution is 2.35. The molecule has 0 aromatic rings. The molecular weight excluding hydrogens is 184 g/mol. The molecule has 5 aliphatic rings. The Morgan fingerprint density at radius 3 is 1.27 bits per heavy atom. The van der Waals surface area contributed by atoms with Crippen molar-refractivity contribution in [3.05, 3.63) is 0 Å². The first-order valence-corrected chi connectivity index (χ1v) is 6.81. The molecule has 0 aromatic heterocycles. The number of nitrogens with one attached hydrogen (secondary N) is 2. The average molecular weight is 208 g/mol. The average Bonchev–Trinajstić information content (AvgIpc) is 2.59. The molecule has 2 saturated carbocycles. The van der Waals surface area contributed by atoms with Crippen molar-refractivity contribution in [2.45, 2.75) is 32.1 Å². The van der Waals surface area contributed by atoms with Crippen LogP contribution >= 0.6 is 0 Å². The second-order valence-electron chi connectivity index (χ2n) is 6.07. The fourth-order valence-electron chi connectivity index (χ4n) is 3.74. The van der Waals surface area contributed by atoms with Crippen LogP contribution in [0.5, 0.6) is 0 Å². The summed E-state index contributed by atoms with van der Waals surface area (Å²) < 4.78 is 0. The molecule has 86 valence electrons. The molecule has 4 bridgehead atoms. The van der Waals surface area contributed by atoms with Gasteiger partial charge in [-0.05, 0) is 82.0 Å². The summed E-state index contributed by atoms with van der Waals surface area (Å²) >= 11 is 0. The summed E-state index contributed by atoms with van der Waals surface area (Å²) in [5.41, 5.74) is 0. The van der Waals surface area contributed by atoms with Gasteiger partial charge in [0.05, 0.1) is 0 Å². The molecular formula is C13H24N2. The number of rotatable bonds is 0. The molecule has 0 amide bonds. The Morgan fingerprint density at radius 2 is 0.933 bits per heavy atom. The molecule has 2 aliphatic carbocycles. The molecule has 2 heteroatoms. The molecule has 15 heavy (non-hydrogen) atoms. The number of fused-ring (bicyclic) bond motifs is 4. The van der Waals surface area contributed by atoms with Gasteiger partial charge in [0.15, 0.2) is 0 Å². The zero-order valence-electron chi connectivity index (χ0n) is 9.67. The van der Waals surface area contributed by atoms with Crippen LogP contribution in [0.25, 0.3) is 0 Å². The van der Waals surface area contributed by atoms with Gasteiger partial charge in [0.25, 0.3) is 0 Å². The lowest BCUT2D eigenvalue weighted by atomic mass is 9.72. The third-order valence-corrected chi connectivity index (χ3v) is 4.72. The van der Waals surface area contributed by atoms with E-state index in [0.29, 0.717) is 0 Å². The Kier molecular flexibility index (Phi) is 2.98. The summed E-state index contributed by atoms with van der Waals surface area (Å²) in [6.45, 7) is 5.21. The Bertz CT molecular complexity index is 183. The summed E-state index contributed by atoms with van der Waals surface area (Å²) in [5, 5.41) is 6.83. The fraction of sp³-hybridized carbons (Fsp3) is 1.00. The van der Waals surface area contributed by atoms with Crippen LogP contribution in [0.15, 0.2) is 0 Å². The van der Waals surface area contributed by atoms with E-state index in [-0.39, 0.29) is 0 Å². The van der Waals surface area contributed by atoms with E-state index < -0.39 is 0 Å². The monoisotopic (exact) mass is 208 g/mol. The third kappa shape index (κ3) is 2.36. The lowest BCUT2D eigenvalue weighted by Crippen LogP contribution is -2.45. The fourth-order valence-corrected chi connectivity index (χ4v) is 3.74. The maximum absolute atomic E-state index is 3.45. The molecule has 0 radical (unpaired) electrons. The van der Waals surface area contributed by atoms with E-state index in [2.05, 4.69) is 10.6 Å². The Hall–Kier alpha value is -0.0800. The largest absolute Gasteiger partial charge is 0.316 e. The van der Waals surface area contributed by atoms with Crippen molar-refractivity contribution < 1.29 is 0 Å². The quantitative estimate of drug-likeness (QED) is 0.632. The highest BCUT2D eigenvalue weighted by atomic mass is 14.9. The van der Waals surface area contributed by atoms with E-state index in [1.54, 1.807) is 0 Å². The van der Waals surface area contributed by atoms with Crippen LogP contribution in [0, 0.1) is 23.7 Å². The predicted molar refractivity (Wildman–Crippen MR) is 62.8 cm³/mol. The van der Waals surface area contributed by atoms with Crippen molar-refractivity contribution in [3.8, 4) is 0 Å². The minimum absolute atomic E-state index is 1.05. The standard InChI is InChI=1S/C7H13N.C6H11N/c1-2-7-3-6(1)4-8-5-7;1-5-2-6(1)4-7-3-5/h6-8H,1-5H2;5-7H,1-4H2. The molecule has 5 rings (SSSR count). The lowest BCUT2D eigenvalue weighted by molar-refractivity contribution is 0.135. The number of piperidine rings is 3. The molecule has 2 nitrogen and oxygen atoms in total. The van der Waals surface area contributed by atoms with E-state index in [1.807, 2.05) is 0 Å². The van der Waals surface area contributed by atoms with Gasteiger partial charge in [0, 0.05) is 0 Å². The van der Waals surface area contributed by atoms with E-state index in [1.165, 1.54) is 58.3 Å². The Labute approximate surface area is 93.2 Å². The van der Waals surface area contributed by atoms with E-state index in [0.717, 1.165) is 23.7 Å². The van der Waals surface area contributed by atoms with Crippen molar-refractivity contribution >= 4 is 0 Å². The number of hydrogen-bond acceptors (Lipinski definition) is 2. The van der Waals surface area contributed by atoms with Gasteiger partial charge in [-0.15, -0.1) is 0 Å². The second-order valence-corrected chi connectivity index (χ2v) is 6.07. The summed E-state index contributed by atoms with van der Waals surface area (Å²) in [6, 6.07) is 0. The van der Waals surface area contributed by atoms with Gasteiger partial charge >= 0.3 is 0 Å². The lowest BCUT2D eigenvalue weighted by Gasteiger charge is -2.41. The normalized spacial score (nSPS) is 46.4. The van der Waals surface area contributed by atoms with E-state index >= 15 is 0 Å².